The number of amides is 1. The van der Waals surface area contributed by atoms with Crippen LogP contribution in [0.15, 0.2) is 48.8 Å². The second-order valence-corrected chi connectivity index (χ2v) is 5.75. The Balaban J connectivity index is 1.71. The first-order chi connectivity index (χ1) is 11.2. The molecule has 0 N–H and O–H groups in total. The fraction of sp³-hybridized carbons (Fsp3) is 0.333. The fourth-order valence-corrected chi connectivity index (χ4v) is 2.99. The van der Waals surface area contributed by atoms with Crippen LogP contribution in [-0.4, -0.2) is 41.5 Å². The second kappa shape index (κ2) is 6.69. The van der Waals surface area contributed by atoms with Crippen molar-refractivity contribution in [3.05, 3.63) is 54.4 Å². The monoisotopic (exact) mass is 312 g/mol. The maximum absolute atomic E-state index is 12.6. The van der Waals surface area contributed by atoms with Crippen molar-refractivity contribution < 1.29 is 14.3 Å². The van der Waals surface area contributed by atoms with E-state index in [-0.39, 0.29) is 17.8 Å². The van der Waals surface area contributed by atoms with E-state index in [1.807, 2.05) is 53.4 Å². The van der Waals surface area contributed by atoms with E-state index >= 15 is 0 Å². The third kappa shape index (κ3) is 3.28. The molecule has 0 bridgehead atoms. The van der Waals surface area contributed by atoms with Crippen LogP contribution in [-0.2, 0) is 9.53 Å². The molecule has 1 aliphatic heterocycles. The van der Waals surface area contributed by atoms with Crippen molar-refractivity contribution in [3.8, 4) is 5.69 Å². The molecule has 1 aliphatic rings. The summed E-state index contributed by atoms with van der Waals surface area (Å²) in [6.07, 6.45) is 5.53. The Morgan fingerprint density at radius 1 is 1.13 bits per heavy atom. The zero-order valence-corrected chi connectivity index (χ0v) is 13.1. The van der Waals surface area contributed by atoms with Gasteiger partial charge < -0.3 is 14.2 Å². The van der Waals surface area contributed by atoms with Crippen LogP contribution in [0.3, 0.4) is 0 Å². The molecule has 120 valence electrons. The highest BCUT2D eigenvalue weighted by Gasteiger charge is 2.29. The maximum atomic E-state index is 12.6. The van der Waals surface area contributed by atoms with E-state index in [1.54, 1.807) is 4.90 Å². The summed E-state index contributed by atoms with van der Waals surface area (Å²) in [6, 6.07) is 11.4. The Hall–Kier alpha value is -2.56. The molecule has 1 aromatic carbocycles. The van der Waals surface area contributed by atoms with Crippen molar-refractivity contribution in [1.82, 2.24) is 9.47 Å². The van der Waals surface area contributed by atoms with Crippen molar-refractivity contribution in [2.24, 2.45) is 5.92 Å². The Bertz CT molecular complexity index is 677. The van der Waals surface area contributed by atoms with Crippen molar-refractivity contribution in [2.75, 3.05) is 20.2 Å². The largest absolute Gasteiger partial charge is 0.469 e. The molecule has 1 amide bonds. The summed E-state index contributed by atoms with van der Waals surface area (Å²) in [6.45, 7) is 1.12. The Kier molecular flexibility index (Phi) is 4.46. The van der Waals surface area contributed by atoms with Gasteiger partial charge in [-0.2, -0.15) is 0 Å². The average molecular weight is 312 g/mol. The fourth-order valence-electron chi connectivity index (χ4n) is 2.99. The molecule has 3 rings (SSSR count). The van der Waals surface area contributed by atoms with Gasteiger partial charge in [0.2, 0.25) is 0 Å². The first-order valence-electron chi connectivity index (χ1n) is 7.79. The lowest BCUT2D eigenvalue weighted by Crippen LogP contribution is -2.42. The molecule has 1 unspecified atom stereocenters. The predicted octanol–water partition coefficient (Wildman–Crippen LogP) is 2.50. The zero-order chi connectivity index (χ0) is 16.2. The van der Waals surface area contributed by atoms with Crippen molar-refractivity contribution in [2.45, 2.75) is 12.8 Å². The molecule has 1 atom stereocenters. The molecule has 1 saturated heterocycles. The molecular formula is C18H20N2O3. The number of carbonyl (C=O) groups excluding carboxylic acids is 2. The normalized spacial score (nSPS) is 17.8. The summed E-state index contributed by atoms with van der Waals surface area (Å²) in [5.74, 6) is -0.472. The quantitative estimate of drug-likeness (QED) is 0.818. The Morgan fingerprint density at radius 3 is 2.48 bits per heavy atom. The maximum Gasteiger partial charge on any atom is 0.310 e. The molecule has 0 saturated carbocycles. The summed E-state index contributed by atoms with van der Waals surface area (Å²) in [7, 11) is 1.39. The lowest BCUT2D eigenvalue weighted by atomic mass is 9.97. The van der Waals surface area contributed by atoms with E-state index in [0.717, 1.165) is 18.5 Å². The highest BCUT2D eigenvalue weighted by atomic mass is 16.5. The van der Waals surface area contributed by atoms with Gasteiger partial charge in [-0.15, -0.1) is 0 Å². The number of carbonyl (C=O) groups is 2. The number of hydrogen-bond acceptors (Lipinski definition) is 3. The number of esters is 1. The zero-order valence-electron chi connectivity index (χ0n) is 13.1. The van der Waals surface area contributed by atoms with Gasteiger partial charge in [-0.25, -0.2) is 0 Å². The number of benzene rings is 1. The van der Waals surface area contributed by atoms with Gasteiger partial charge in [0, 0.05) is 36.7 Å². The third-order valence-corrected chi connectivity index (χ3v) is 4.26. The minimum absolute atomic E-state index is 0.0299. The lowest BCUT2D eigenvalue weighted by molar-refractivity contribution is -0.146. The summed E-state index contributed by atoms with van der Waals surface area (Å²) < 4.78 is 6.79. The predicted molar refractivity (Wildman–Crippen MR) is 86.4 cm³/mol. The van der Waals surface area contributed by atoms with Gasteiger partial charge in [-0.1, -0.05) is 0 Å². The molecular weight excluding hydrogens is 292 g/mol. The molecule has 23 heavy (non-hydrogen) atoms. The Labute approximate surface area is 135 Å². The van der Waals surface area contributed by atoms with Crippen LogP contribution in [0.25, 0.3) is 5.69 Å². The summed E-state index contributed by atoms with van der Waals surface area (Å²) in [4.78, 5) is 26.1. The van der Waals surface area contributed by atoms with E-state index in [2.05, 4.69) is 0 Å². The lowest BCUT2D eigenvalue weighted by Gasteiger charge is -2.31. The van der Waals surface area contributed by atoms with Gasteiger partial charge in [0.05, 0.1) is 13.0 Å². The van der Waals surface area contributed by atoms with Crippen LogP contribution in [0.2, 0.25) is 0 Å². The number of likely N-dealkylation sites (tertiary alicyclic amines) is 1. The number of piperidine rings is 1. The van der Waals surface area contributed by atoms with E-state index < -0.39 is 0 Å². The van der Waals surface area contributed by atoms with Crippen LogP contribution in [0.5, 0.6) is 0 Å². The molecule has 5 nitrogen and oxygen atoms in total. The first-order valence-corrected chi connectivity index (χ1v) is 7.79. The van der Waals surface area contributed by atoms with Gasteiger partial charge in [0.25, 0.3) is 5.91 Å². The second-order valence-electron chi connectivity index (χ2n) is 5.75. The van der Waals surface area contributed by atoms with E-state index in [9.17, 15) is 9.59 Å². The SMILES string of the molecule is COC(=O)C1CCCN(C(=O)c2ccc(-n3cccc3)cc2)C1. The number of hydrogen-bond donors (Lipinski definition) is 0. The number of methoxy groups -OCH3 is 1. The van der Waals surface area contributed by atoms with Gasteiger partial charge in [-0.3, -0.25) is 9.59 Å². The number of nitrogens with zero attached hydrogens (tertiary/aromatic N) is 2. The molecule has 1 fully saturated rings. The first kappa shape index (κ1) is 15.3. The number of aromatic nitrogens is 1. The van der Waals surface area contributed by atoms with Crippen LogP contribution in [0, 0.1) is 5.92 Å². The van der Waals surface area contributed by atoms with Crippen molar-refractivity contribution in [3.63, 3.8) is 0 Å². The molecule has 2 aromatic rings. The average Bonchev–Trinajstić information content (AvgIpc) is 3.15. The smallest absolute Gasteiger partial charge is 0.310 e. The van der Waals surface area contributed by atoms with Gasteiger partial charge in [-0.05, 0) is 49.2 Å². The van der Waals surface area contributed by atoms with E-state index in [1.165, 1.54) is 7.11 Å². The summed E-state index contributed by atoms with van der Waals surface area (Å²) in [5.41, 5.74) is 1.66. The van der Waals surface area contributed by atoms with Gasteiger partial charge >= 0.3 is 5.97 Å². The minimum atomic E-state index is -0.231. The highest BCUT2D eigenvalue weighted by molar-refractivity contribution is 5.94. The van der Waals surface area contributed by atoms with Crippen molar-refractivity contribution in [1.29, 1.82) is 0 Å². The van der Waals surface area contributed by atoms with Gasteiger partial charge in [0.15, 0.2) is 0 Å². The van der Waals surface area contributed by atoms with Crippen LogP contribution in [0.4, 0.5) is 0 Å². The topological polar surface area (TPSA) is 51.5 Å². The Morgan fingerprint density at radius 2 is 1.83 bits per heavy atom. The highest BCUT2D eigenvalue weighted by Crippen LogP contribution is 2.20. The van der Waals surface area contributed by atoms with Crippen LogP contribution < -0.4 is 0 Å². The van der Waals surface area contributed by atoms with Crippen LogP contribution in [0.1, 0.15) is 23.2 Å². The molecule has 5 heteroatoms. The summed E-state index contributed by atoms with van der Waals surface area (Å²) >= 11 is 0. The van der Waals surface area contributed by atoms with Crippen LogP contribution >= 0.6 is 0 Å². The standard InChI is InChI=1S/C18H20N2O3/c1-23-18(22)15-5-4-12-20(13-15)17(21)14-6-8-16(9-7-14)19-10-2-3-11-19/h2-3,6-11,15H,4-5,12-13H2,1H3. The third-order valence-electron chi connectivity index (χ3n) is 4.26. The van der Waals surface area contributed by atoms with Gasteiger partial charge in [0.1, 0.15) is 0 Å². The van der Waals surface area contributed by atoms with E-state index in [0.29, 0.717) is 18.7 Å². The van der Waals surface area contributed by atoms with E-state index in [4.69, 9.17) is 4.74 Å². The number of rotatable bonds is 3. The minimum Gasteiger partial charge on any atom is -0.469 e. The number of ether oxygens (including phenoxy) is 1. The molecule has 1 aromatic heterocycles. The molecule has 0 spiro atoms. The molecule has 0 aliphatic carbocycles. The molecule has 0 radical (unpaired) electrons. The summed E-state index contributed by atoms with van der Waals surface area (Å²) in [5, 5.41) is 0. The molecule has 2 heterocycles. The van der Waals surface area contributed by atoms with Crippen molar-refractivity contribution >= 4 is 11.9 Å².